The zero-order valence-electron chi connectivity index (χ0n) is 32.1. The molecule has 294 valence electrons. The van der Waals surface area contributed by atoms with Gasteiger partial charge in [0.2, 0.25) is 23.6 Å². The van der Waals surface area contributed by atoms with E-state index in [1.54, 1.807) is 41.4 Å². The fourth-order valence-electron chi connectivity index (χ4n) is 6.17. The van der Waals surface area contributed by atoms with Crippen LogP contribution in [-0.2, 0) is 36.8 Å². The maximum atomic E-state index is 13.9. The lowest BCUT2D eigenvalue weighted by molar-refractivity contribution is -0.144. The first-order valence-corrected chi connectivity index (χ1v) is 18.4. The quantitative estimate of drug-likeness (QED) is 0.146. The van der Waals surface area contributed by atoms with E-state index in [4.69, 9.17) is 0 Å². The molecular weight excluding hydrogens is 704 g/mol. The first-order valence-electron chi connectivity index (χ1n) is 18.4. The first kappa shape index (κ1) is 41.9. The van der Waals surface area contributed by atoms with Gasteiger partial charge in [-0.1, -0.05) is 62.4 Å². The number of amides is 6. The van der Waals surface area contributed by atoms with E-state index in [-0.39, 0.29) is 37.0 Å². The fraction of sp³-hybridized carbons (Fsp3) is 0.425. The summed E-state index contributed by atoms with van der Waals surface area (Å²) in [5.74, 6) is -3.11. The summed E-state index contributed by atoms with van der Waals surface area (Å²) in [5, 5.41) is 20.5. The van der Waals surface area contributed by atoms with Crippen molar-refractivity contribution in [2.24, 2.45) is 5.92 Å². The van der Waals surface area contributed by atoms with Gasteiger partial charge in [-0.15, -0.1) is 0 Å². The van der Waals surface area contributed by atoms with Crippen LogP contribution in [0.15, 0.2) is 72.9 Å². The molecule has 4 rings (SSSR count). The Balaban J connectivity index is 1.43. The van der Waals surface area contributed by atoms with Crippen LogP contribution in [0.5, 0.6) is 0 Å². The van der Waals surface area contributed by atoms with E-state index in [1.807, 2.05) is 64.2 Å². The fourth-order valence-corrected chi connectivity index (χ4v) is 6.17. The van der Waals surface area contributed by atoms with Crippen molar-refractivity contribution < 1.29 is 33.9 Å². The van der Waals surface area contributed by atoms with Crippen molar-refractivity contribution >= 4 is 47.1 Å². The molecule has 0 aliphatic carbocycles. The number of carbonyl (C=O) groups excluding carboxylic acids is 5. The van der Waals surface area contributed by atoms with E-state index in [9.17, 15) is 33.9 Å². The Morgan fingerprint density at radius 2 is 1.47 bits per heavy atom. The molecule has 15 heteroatoms. The monoisotopic (exact) mass is 756 g/mol. The predicted octanol–water partition coefficient (Wildman–Crippen LogP) is 2.91. The number of hydrogen-bond donors (Lipinski definition) is 5. The van der Waals surface area contributed by atoms with Gasteiger partial charge in [0.25, 0.3) is 0 Å². The Labute approximate surface area is 321 Å². The summed E-state index contributed by atoms with van der Waals surface area (Å²) in [6.45, 7) is 7.90. The Bertz CT molecular complexity index is 1800. The number of nitrogens with zero attached hydrogens (tertiary/aromatic N) is 4. The number of aliphatic carboxylic acids is 1. The molecule has 1 aromatic heterocycles. The van der Waals surface area contributed by atoms with E-state index in [2.05, 4.69) is 31.2 Å². The lowest BCUT2D eigenvalue weighted by Crippen LogP contribution is -2.59. The molecule has 15 nitrogen and oxygen atoms in total. The molecule has 2 aromatic carbocycles. The molecule has 1 aliphatic rings. The molecule has 2 heterocycles. The van der Waals surface area contributed by atoms with Gasteiger partial charge in [0.1, 0.15) is 23.9 Å². The van der Waals surface area contributed by atoms with Gasteiger partial charge in [-0.05, 0) is 61.2 Å². The Kier molecular flexibility index (Phi) is 15.3. The second-order valence-corrected chi connectivity index (χ2v) is 14.3. The molecule has 1 saturated heterocycles. The summed E-state index contributed by atoms with van der Waals surface area (Å²) in [7, 11) is 3.46. The number of likely N-dealkylation sites (N-methyl/N-ethyl adjacent to an activating group) is 2. The number of piperazine rings is 1. The number of carbonyl (C=O) groups is 6. The molecule has 5 N–H and O–H groups in total. The lowest BCUT2D eigenvalue weighted by atomic mass is 10.00. The zero-order valence-corrected chi connectivity index (χ0v) is 32.1. The third-order valence-electron chi connectivity index (χ3n) is 9.39. The molecule has 3 aromatic rings. The normalized spacial score (nSPS) is 14.6. The Morgan fingerprint density at radius 1 is 0.818 bits per heavy atom. The third kappa shape index (κ3) is 12.9. The van der Waals surface area contributed by atoms with Crippen molar-refractivity contribution in [2.75, 3.05) is 50.9 Å². The molecule has 0 saturated carbocycles. The number of carboxylic acids is 1. The number of carboxylic acid groups (broad SMARTS) is 1. The summed E-state index contributed by atoms with van der Waals surface area (Å²) in [6, 6.07) is 15.4. The largest absolute Gasteiger partial charge is 0.481 e. The minimum absolute atomic E-state index is 0.0411. The number of urea groups is 1. The zero-order chi connectivity index (χ0) is 40.1. The lowest BCUT2D eigenvalue weighted by Gasteiger charge is -2.35. The van der Waals surface area contributed by atoms with Gasteiger partial charge in [-0.3, -0.25) is 29.3 Å². The molecule has 6 amide bonds. The van der Waals surface area contributed by atoms with Crippen LogP contribution < -0.4 is 21.3 Å². The van der Waals surface area contributed by atoms with Crippen molar-refractivity contribution in [1.82, 2.24) is 30.3 Å². The highest BCUT2D eigenvalue weighted by Gasteiger charge is 2.35. The van der Waals surface area contributed by atoms with Crippen LogP contribution in [0.1, 0.15) is 43.4 Å². The third-order valence-corrected chi connectivity index (χ3v) is 9.39. The van der Waals surface area contributed by atoms with E-state index in [1.165, 1.54) is 11.9 Å². The van der Waals surface area contributed by atoms with Crippen LogP contribution >= 0.6 is 0 Å². The number of aryl methyl sites for hydroxylation is 1. The summed E-state index contributed by atoms with van der Waals surface area (Å²) >= 11 is 0. The van der Waals surface area contributed by atoms with E-state index < -0.39 is 48.4 Å². The molecular formula is C40H52N8O7. The minimum atomic E-state index is -1.51. The number of pyridine rings is 1. The van der Waals surface area contributed by atoms with Gasteiger partial charge in [-0.2, -0.15) is 0 Å². The van der Waals surface area contributed by atoms with Gasteiger partial charge < -0.3 is 35.8 Å². The van der Waals surface area contributed by atoms with E-state index in [0.717, 1.165) is 11.1 Å². The van der Waals surface area contributed by atoms with Crippen LogP contribution in [-0.4, -0.2) is 119 Å². The van der Waals surface area contributed by atoms with E-state index >= 15 is 0 Å². The van der Waals surface area contributed by atoms with Crippen molar-refractivity contribution in [1.29, 1.82) is 0 Å². The standard InChI is InChI=1S/C40H52N8O7/c1-26(2)22-33(47(5)34(49)24-29-13-15-30(16-14-29)42-40(55)45-36-27(3)10-9-17-41-36)38(53)43-31(25-35(50)51)37(52)44-32(23-28-11-7-6-8-12-28)39(54)48-20-18-46(4)19-21-48/h6-17,26,31-33H,18-25H2,1-5H3,(H,43,53)(H,44,52)(H,50,51)(H2,41,42,45,55)/t31-,32?,33-/m0/s1. The predicted molar refractivity (Wildman–Crippen MR) is 208 cm³/mol. The number of rotatable bonds is 16. The number of anilines is 2. The van der Waals surface area contributed by atoms with Crippen LogP contribution in [0.3, 0.4) is 0 Å². The maximum Gasteiger partial charge on any atom is 0.324 e. The number of hydrogen-bond acceptors (Lipinski definition) is 8. The van der Waals surface area contributed by atoms with Crippen molar-refractivity contribution in [3.63, 3.8) is 0 Å². The van der Waals surface area contributed by atoms with Crippen LogP contribution in [0.4, 0.5) is 16.3 Å². The highest BCUT2D eigenvalue weighted by molar-refractivity contribution is 5.99. The minimum Gasteiger partial charge on any atom is -0.481 e. The molecule has 0 radical (unpaired) electrons. The van der Waals surface area contributed by atoms with Crippen LogP contribution in [0.2, 0.25) is 0 Å². The molecule has 1 fully saturated rings. The number of nitrogens with one attached hydrogen (secondary N) is 4. The molecule has 0 bridgehead atoms. The highest BCUT2D eigenvalue weighted by Crippen LogP contribution is 2.17. The Morgan fingerprint density at radius 3 is 2.09 bits per heavy atom. The Hall–Kier alpha value is -5.83. The maximum absolute atomic E-state index is 13.9. The summed E-state index contributed by atoms with van der Waals surface area (Å²) in [6.07, 6.45) is 1.20. The van der Waals surface area contributed by atoms with Gasteiger partial charge in [0, 0.05) is 51.5 Å². The molecule has 55 heavy (non-hydrogen) atoms. The van der Waals surface area contributed by atoms with Gasteiger partial charge in [-0.25, -0.2) is 9.78 Å². The first-order chi connectivity index (χ1) is 26.2. The molecule has 1 aliphatic heterocycles. The second-order valence-electron chi connectivity index (χ2n) is 14.3. The smallest absolute Gasteiger partial charge is 0.324 e. The number of benzene rings is 2. The van der Waals surface area contributed by atoms with Crippen molar-refractivity contribution in [3.8, 4) is 0 Å². The summed E-state index contributed by atoms with van der Waals surface area (Å²) in [4.78, 5) is 88.6. The summed E-state index contributed by atoms with van der Waals surface area (Å²) < 4.78 is 0. The second kappa shape index (κ2) is 20.0. The average Bonchev–Trinajstić information content (AvgIpc) is 3.14. The topological polar surface area (TPSA) is 193 Å². The van der Waals surface area contributed by atoms with Crippen molar-refractivity contribution in [3.05, 3.63) is 89.6 Å². The molecule has 1 unspecified atom stereocenters. The highest BCUT2D eigenvalue weighted by atomic mass is 16.4. The van der Waals surface area contributed by atoms with E-state index in [0.29, 0.717) is 43.2 Å². The van der Waals surface area contributed by atoms with Gasteiger partial charge in [0.05, 0.1) is 12.8 Å². The number of aromatic nitrogens is 1. The SMILES string of the molecule is Cc1cccnc1NC(=O)Nc1ccc(CC(=O)N(C)[C@@H](CC(C)C)C(=O)N[C@@H](CC(=O)O)C(=O)NC(Cc2ccccc2)C(=O)N2CCN(C)CC2)cc1. The van der Waals surface area contributed by atoms with Gasteiger partial charge >= 0.3 is 12.0 Å². The summed E-state index contributed by atoms with van der Waals surface area (Å²) in [5.41, 5.74) is 2.73. The van der Waals surface area contributed by atoms with Crippen LogP contribution in [0, 0.1) is 12.8 Å². The molecule has 3 atom stereocenters. The van der Waals surface area contributed by atoms with Gasteiger partial charge in [0.15, 0.2) is 0 Å². The van der Waals surface area contributed by atoms with Crippen LogP contribution in [0.25, 0.3) is 0 Å². The molecule has 0 spiro atoms. The average molecular weight is 757 g/mol. The van der Waals surface area contributed by atoms with Crippen molar-refractivity contribution in [2.45, 2.75) is 64.6 Å².